The third-order valence-corrected chi connectivity index (χ3v) is 4.18. The second-order valence-corrected chi connectivity index (χ2v) is 7.76. The highest BCUT2D eigenvalue weighted by Crippen LogP contribution is 2.26. The summed E-state index contributed by atoms with van der Waals surface area (Å²) < 4.78 is 5.36. The van der Waals surface area contributed by atoms with Crippen LogP contribution in [0.4, 0.5) is 5.69 Å². The lowest BCUT2D eigenvalue weighted by molar-refractivity contribution is -0.155. The predicted octanol–water partition coefficient (Wildman–Crippen LogP) is 4.23. The summed E-state index contributed by atoms with van der Waals surface area (Å²) in [5, 5.41) is 3.48. The molecule has 1 amide bonds. The van der Waals surface area contributed by atoms with E-state index in [1.165, 1.54) is 0 Å². The fraction of sp³-hybridized carbons (Fsp3) is 0.286. The molecule has 5 nitrogen and oxygen atoms in total. The standard InChI is InChI=1S/C21H21ClN2O3/c1-21(2,3)27-18(25)12-17-20(26)24-16-7-5-4-6-15(16)19(23-17)13-8-10-14(22)11-9-13/h4-11,17H,12H2,1-3H3,(H,24,26)/t17-/m0/s1. The van der Waals surface area contributed by atoms with Gasteiger partial charge in [-0.3, -0.25) is 14.6 Å². The summed E-state index contributed by atoms with van der Waals surface area (Å²) in [7, 11) is 0. The molecule has 0 aromatic heterocycles. The van der Waals surface area contributed by atoms with Gasteiger partial charge in [-0.05, 0) is 39.0 Å². The quantitative estimate of drug-likeness (QED) is 0.805. The highest BCUT2D eigenvalue weighted by atomic mass is 35.5. The van der Waals surface area contributed by atoms with Crippen molar-refractivity contribution in [1.29, 1.82) is 0 Å². The van der Waals surface area contributed by atoms with Crippen LogP contribution in [-0.4, -0.2) is 29.2 Å². The number of benzodiazepines with no additional fused rings is 1. The van der Waals surface area contributed by atoms with Crippen molar-refractivity contribution in [2.24, 2.45) is 4.99 Å². The number of ether oxygens (including phenoxy) is 1. The number of nitrogens with zero attached hydrogens (tertiary/aromatic N) is 1. The van der Waals surface area contributed by atoms with E-state index in [0.29, 0.717) is 16.4 Å². The first-order valence-electron chi connectivity index (χ1n) is 8.69. The van der Waals surface area contributed by atoms with Gasteiger partial charge in [0, 0.05) is 16.1 Å². The second kappa shape index (κ2) is 7.53. The van der Waals surface area contributed by atoms with E-state index in [1.807, 2.05) is 36.4 Å². The number of nitrogens with one attached hydrogen (secondary N) is 1. The number of anilines is 1. The number of carbonyl (C=O) groups is 2. The third kappa shape index (κ3) is 4.74. The first kappa shape index (κ1) is 19.1. The van der Waals surface area contributed by atoms with E-state index < -0.39 is 17.6 Å². The molecular formula is C21H21ClN2O3. The van der Waals surface area contributed by atoms with Crippen molar-refractivity contribution in [3.8, 4) is 0 Å². The Hall–Kier alpha value is -2.66. The van der Waals surface area contributed by atoms with E-state index in [4.69, 9.17) is 16.3 Å². The van der Waals surface area contributed by atoms with Crippen LogP contribution in [0.1, 0.15) is 38.3 Å². The maximum absolute atomic E-state index is 12.7. The molecule has 0 radical (unpaired) electrons. The van der Waals surface area contributed by atoms with Gasteiger partial charge in [0.2, 0.25) is 5.91 Å². The summed E-state index contributed by atoms with van der Waals surface area (Å²) in [6.45, 7) is 5.36. The lowest BCUT2D eigenvalue weighted by atomic mass is 10.0. The molecule has 0 saturated heterocycles. The minimum Gasteiger partial charge on any atom is -0.460 e. The summed E-state index contributed by atoms with van der Waals surface area (Å²) in [5.74, 6) is -0.801. The zero-order valence-corrected chi connectivity index (χ0v) is 16.2. The summed E-state index contributed by atoms with van der Waals surface area (Å²) in [4.78, 5) is 29.5. The van der Waals surface area contributed by atoms with E-state index in [1.54, 1.807) is 32.9 Å². The van der Waals surface area contributed by atoms with E-state index in [2.05, 4.69) is 10.3 Å². The van der Waals surface area contributed by atoms with Crippen molar-refractivity contribution in [2.45, 2.75) is 38.8 Å². The van der Waals surface area contributed by atoms with Crippen LogP contribution in [0, 0.1) is 0 Å². The van der Waals surface area contributed by atoms with Crippen LogP contribution in [0.25, 0.3) is 0 Å². The molecule has 0 aliphatic carbocycles. The van der Waals surface area contributed by atoms with Crippen molar-refractivity contribution in [1.82, 2.24) is 0 Å². The molecule has 1 N–H and O–H groups in total. The van der Waals surface area contributed by atoms with Crippen molar-refractivity contribution >= 4 is 34.9 Å². The number of benzene rings is 2. The Morgan fingerprint density at radius 2 is 1.81 bits per heavy atom. The Balaban J connectivity index is 2.00. The molecule has 2 aromatic rings. The van der Waals surface area contributed by atoms with E-state index in [9.17, 15) is 9.59 Å². The SMILES string of the molecule is CC(C)(C)OC(=O)C[C@@H]1N=C(c2ccc(Cl)cc2)c2ccccc2NC1=O. The van der Waals surface area contributed by atoms with Crippen molar-refractivity contribution in [3.05, 3.63) is 64.7 Å². The van der Waals surface area contributed by atoms with E-state index >= 15 is 0 Å². The monoisotopic (exact) mass is 384 g/mol. The summed E-state index contributed by atoms with van der Waals surface area (Å²) >= 11 is 6.00. The Labute approximate surface area is 163 Å². The van der Waals surface area contributed by atoms with Gasteiger partial charge in [-0.15, -0.1) is 0 Å². The van der Waals surface area contributed by atoms with Crippen molar-refractivity contribution in [2.75, 3.05) is 5.32 Å². The fourth-order valence-electron chi connectivity index (χ4n) is 2.82. The number of esters is 1. The lowest BCUT2D eigenvalue weighted by Crippen LogP contribution is -2.31. The second-order valence-electron chi connectivity index (χ2n) is 7.33. The Morgan fingerprint density at radius 3 is 2.48 bits per heavy atom. The van der Waals surface area contributed by atoms with E-state index in [0.717, 1.165) is 11.1 Å². The molecular weight excluding hydrogens is 364 g/mol. The number of aliphatic imine (C=N–C) groups is 1. The Kier molecular flexibility index (Phi) is 5.33. The minimum atomic E-state index is -0.877. The van der Waals surface area contributed by atoms with Gasteiger partial charge in [-0.2, -0.15) is 0 Å². The van der Waals surface area contributed by atoms with Gasteiger partial charge < -0.3 is 10.1 Å². The number of amides is 1. The number of fused-ring (bicyclic) bond motifs is 1. The molecule has 1 aliphatic rings. The van der Waals surface area contributed by atoms with Gasteiger partial charge in [0.25, 0.3) is 0 Å². The van der Waals surface area contributed by atoms with Crippen molar-refractivity contribution in [3.63, 3.8) is 0 Å². The molecule has 0 saturated carbocycles. The molecule has 1 heterocycles. The Morgan fingerprint density at radius 1 is 1.15 bits per heavy atom. The number of para-hydroxylation sites is 1. The van der Waals surface area contributed by atoms with Crippen LogP contribution >= 0.6 is 11.6 Å². The van der Waals surface area contributed by atoms with Crippen LogP contribution in [0.2, 0.25) is 5.02 Å². The third-order valence-electron chi connectivity index (χ3n) is 3.93. The molecule has 140 valence electrons. The smallest absolute Gasteiger partial charge is 0.309 e. The zero-order chi connectivity index (χ0) is 19.6. The molecule has 1 aliphatic heterocycles. The highest BCUT2D eigenvalue weighted by Gasteiger charge is 2.29. The summed E-state index contributed by atoms with van der Waals surface area (Å²) in [6, 6.07) is 13.8. The van der Waals surface area contributed by atoms with Gasteiger partial charge >= 0.3 is 5.97 Å². The average molecular weight is 385 g/mol. The number of rotatable bonds is 3. The van der Waals surface area contributed by atoms with Crippen LogP contribution < -0.4 is 5.32 Å². The molecule has 0 unspecified atom stereocenters. The highest BCUT2D eigenvalue weighted by molar-refractivity contribution is 6.30. The molecule has 27 heavy (non-hydrogen) atoms. The summed E-state index contributed by atoms with van der Waals surface area (Å²) in [6.07, 6.45) is -0.131. The van der Waals surface area contributed by atoms with Crippen LogP contribution in [0.5, 0.6) is 0 Å². The fourth-order valence-corrected chi connectivity index (χ4v) is 2.94. The first-order chi connectivity index (χ1) is 12.7. The molecule has 0 spiro atoms. The predicted molar refractivity (Wildman–Crippen MR) is 106 cm³/mol. The summed E-state index contributed by atoms with van der Waals surface area (Å²) in [5.41, 5.74) is 2.28. The van der Waals surface area contributed by atoms with Gasteiger partial charge in [0.15, 0.2) is 0 Å². The zero-order valence-electron chi connectivity index (χ0n) is 15.5. The van der Waals surface area contributed by atoms with Gasteiger partial charge in [-0.25, -0.2) is 0 Å². The maximum Gasteiger partial charge on any atom is 0.309 e. The molecule has 1 atom stereocenters. The maximum atomic E-state index is 12.7. The van der Waals surface area contributed by atoms with Gasteiger partial charge in [-0.1, -0.05) is 41.9 Å². The average Bonchev–Trinajstić information content (AvgIpc) is 2.71. The number of hydrogen-bond donors (Lipinski definition) is 1. The molecule has 2 aromatic carbocycles. The molecule has 3 rings (SSSR count). The lowest BCUT2D eigenvalue weighted by Gasteiger charge is -2.20. The minimum absolute atomic E-state index is 0.131. The van der Waals surface area contributed by atoms with Crippen LogP contribution in [-0.2, 0) is 14.3 Å². The molecule has 0 bridgehead atoms. The number of hydrogen-bond acceptors (Lipinski definition) is 4. The van der Waals surface area contributed by atoms with Gasteiger partial charge in [0.05, 0.1) is 17.8 Å². The number of carbonyl (C=O) groups excluding carboxylic acids is 2. The normalized spacial score (nSPS) is 16.7. The largest absolute Gasteiger partial charge is 0.460 e. The van der Waals surface area contributed by atoms with Crippen LogP contribution in [0.3, 0.4) is 0 Å². The van der Waals surface area contributed by atoms with Crippen LogP contribution in [0.15, 0.2) is 53.5 Å². The topological polar surface area (TPSA) is 67.8 Å². The number of halogens is 1. The first-order valence-corrected chi connectivity index (χ1v) is 9.06. The van der Waals surface area contributed by atoms with Gasteiger partial charge in [0.1, 0.15) is 11.6 Å². The molecule has 0 fully saturated rings. The van der Waals surface area contributed by atoms with E-state index in [-0.39, 0.29) is 12.3 Å². The van der Waals surface area contributed by atoms with Crippen molar-refractivity contribution < 1.29 is 14.3 Å². The Bertz CT molecular complexity index is 898. The molecule has 6 heteroatoms.